The summed E-state index contributed by atoms with van der Waals surface area (Å²) in [6.45, 7) is 0.449. The minimum absolute atomic E-state index is 0.276. The molecule has 92 valence electrons. The van der Waals surface area contributed by atoms with Gasteiger partial charge < -0.3 is 9.84 Å². The average molecular weight is 236 g/mol. The number of aromatic nitrogens is 1. The zero-order valence-corrected chi connectivity index (χ0v) is 9.72. The molecule has 1 aliphatic carbocycles. The van der Waals surface area contributed by atoms with Crippen LogP contribution in [-0.2, 0) is 11.3 Å². The Morgan fingerprint density at radius 1 is 1.65 bits per heavy atom. The van der Waals surface area contributed by atoms with E-state index in [1.165, 1.54) is 0 Å². The van der Waals surface area contributed by atoms with Gasteiger partial charge >= 0.3 is 5.97 Å². The van der Waals surface area contributed by atoms with Gasteiger partial charge in [-0.2, -0.15) is 0 Å². The van der Waals surface area contributed by atoms with Gasteiger partial charge in [0.15, 0.2) is 0 Å². The van der Waals surface area contributed by atoms with Crippen molar-refractivity contribution in [2.75, 3.05) is 7.11 Å². The van der Waals surface area contributed by atoms with E-state index in [9.17, 15) is 4.79 Å². The van der Waals surface area contributed by atoms with Crippen molar-refractivity contribution in [3.05, 3.63) is 23.9 Å². The molecule has 0 spiro atoms. The first-order chi connectivity index (χ1) is 8.20. The van der Waals surface area contributed by atoms with Gasteiger partial charge in [-0.15, -0.1) is 0 Å². The van der Waals surface area contributed by atoms with Crippen LogP contribution in [0, 0.1) is 5.92 Å². The lowest BCUT2D eigenvalue weighted by molar-refractivity contribution is -0.140. The number of carboxylic acids is 1. The SMILES string of the molecule is COc1cccc(CNC(C(=O)O)C2CC2)n1. The zero-order chi connectivity index (χ0) is 12.3. The number of methoxy groups -OCH3 is 1. The van der Waals surface area contributed by atoms with Gasteiger partial charge in [0.25, 0.3) is 0 Å². The summed E-state index contributed by atoms with van der Waals surface area (Å²) in [7, 11) is 1.56. The molecule has 2 rings (SSSR count). The van der Waals surface area contributed by atoms with E-state index in [1.54, 1.807) is 13.2 Å². The molecule has 0 amide bonds. The molecule has 0 bridgehead atoms. The number of nitrogens with zero attached hydrogens (tertiary/aromatic N) is 1. The van der Waals surface area contributed by atoms with Crippen LogP contribution < -0.4 is 10.1 Å². The summed E-state index contributed by atoms with van der Waals surface area (Å²) in [5.74, 6) is 0.0381. The average Bonchev–Trinajstić information content (AvgIpc) is 3.13. The van der Waals surface area contributed by atoms with Crippen LogP contribution in [0.15, 0.2) is 18.2 Å². The standard InChI is InChI=1S/C12H16N2O3/c1-17-10-4-2-3-9(14-10)7-13-11(12(15)16)8-5-6-8/h2-4,8,11,13H,5-7H2,1H3,(H,15,16). The first-order valence-corrected chi connectivity index (χ1v) is 5.67. The van der Waals surface area contributed by atoms with Crippen molar-refractivity contribution in [2.24, 2.45) is 5.92 Å². The van der Waals surface area contributed by atoms with Crippen LogP contribution in [0.25, 0.3) is 0 Å². The molecule has 1 saturated carbocycles. The van der Waals surface area contributed by atoms with Crippen molar-refractivity contribution >= 4 is 5.97 Å². The first-order valence-electron chi connectivity index (χ1n) is 5.67. The predicted molar refractivity (Wildman–Crippen MR) is 61.8 cm³/mol. The number of carbonyl (C=O) groups is 1. The minimum Gasteiger partial charge on any atom is -0.481 e. The van der Waals surface area contributed by atoms with Gasteiger partial charge in [-0.3, -0.25) is 10.1 Å². The number of hydrogen-bond acceptors (Lipinski definition) is 4. The molecule has 2 N–H and O–H groups in total. The fraction of sp³-hybridized carbons (Fsp3) is 0.500. The molecule has 5 nitrogen and oxygen atoms in total. The molecule has 0 aliphatic heterocycles. The summed E-state index contributed by atoms with van der Waals surface area (Å²) < 4.78 is 5.01. The van der Waals surface area contributed by atoms with E-state index in [0.29, 0.717) is 12.4 Å². The van der Waals surface area contributed by atoms with Gasteiger partial charge in [-0.25, -0.2) is 4.98 Å². The van der Waals surface area contributed by atoms with Crippen LogP contribution in [0.4, 0.5) is 0 Å². The number of pyridine rings is 1. The molecule has 1 aliphatic rings. The van der Waals surface area contributed by atoms with Gasteiger partial charge in [-0.05, 0) is 24.8 Å². The number of hydrogen-bond donors (Lipinski definition) is 2. The quantitative estimate of drug-likeness (QED) is 0.772. The Kier molecular flexibility index (Phi) is 3.58. The van der Waals surface area contributed by atoms with Crippen LogP contribution in [0.1, 0.15) is 18.5 Å². The molecule has 5 heteroatoms. The molecule has 0 saturated heterocycles. The molecule has 1 aromatic heterocycles. The molecule has 0 aromatic carbocycles. The van der Waals surface area contributed by atoms with Gasteiger partial charge in [0.1, 0.15) is 6.04 Å². The van der Waals surface area contributed by atoms with Crippen molar-refractivity contribution in [1.82, 2.24) is 10.3 Å². The summed E-state index contributed by atoms with van der Waals surface area (Å²) in [5, 5.41) is 12.1. The third-order valence-electron chi connectivity index (χ3n) is 2.85. The molecule has 17 heavy (non-hydrogen) atoms. The molecular formula is C12H16N2O3. The summed E-state index contributed by atoms with van der Waals surface area (Å²) >= 11 is 0. The molecule has 1 heterocycles. The smallest absolute Gasteiger partial charge is 0.320 e. The Labute approximate surface area is 99.8 Å². The van der Waals surface area contributed by atoms with Crippen molar-refractivity contribution in [3.63, 3.8) is 0 Å². The molecule has 1 atom stereocenters. The number of nitrogens with one attached hydrogen (secondary N) is 1. The Bertz CT molecular complexity index is 404. The number of carboxylic acid groups (broad SMARTS) is 1. The number of aliphatic carboxylic acids is 1. The van der Waals surface area contributed by atoms with Gasteiger partial charge in [0.05, 0.1) is 12.8 Å². The largest absolute Gasteiger partial charge is 0.481 e. The second-order valence-corrected chi connectivity index (χ2v) is 4.21. The minimum atomic E-state index is -0.782. The van der Waals surface area contributed by atoms with Gasteiger partial charge in [0, 0.05) is 12.6 Å². The Morgan fingerprint density at radius 3 is 3.00 bits per heavy atom. The van der Waals surface area contributed by atoms with E-state index in [-0.39, 0.29) is 5.92 Å². The van der Waals surface area contributed by atoms with E-state index in [0.717, 1.165) is 18.5 Å². The highest BCUT2D eigenvalue weighted by Crippen LogP contribution is 2.32. The Morgan fingerprint density at radius 2 is 2.41 bits per heavy atom. The summed E-state index contributed by atoms with van der Waals surface area (Å²) in [5.41, 5.74) is 0.788. The molecule has 1 aromatic rings. The lowest BCUT2D eigenvalue weighted by Gasteiger charge is -2.13. The van der Waals surface area contributed by atoms with Crippen molar-refractivity contribution in [3.8, 4) is 5.88 Å². The number of ether oxygens (including phenoxy) is 1. The predicted octanol–water partition coefficient (Wildman–Crippen LogP) is 1.04. The maximum absolute atomic E-state index is 11.0. The van der Waals surface area contributed by atoms with Crippen molar-refractivity contribution in [2.45, 2.75) is 25.4 Å². The highest BCUT2D eigenvalue weighted by Gasteiger charge is 2.35. The second kappa shape index (κ2) is 5.14. The molecule has 0 radical (unpaired) electrons. The lowest BCUT2D eigenvalue weighted by Crippen LogP contribution is -2.38. The van der Waals surface area contributed by atoms with Crippen LogP contribution in [0.2, 0.25) is 0 Å². The van der Waals surface area contributed by atoms with Crippen molar-refractivity contribution in [1.29, 1.82) is 0 Å². The summed E-state index contributed by atoms with van der Waals surface area (Å²) in [4.78, 5) is 15.2. The highest BCUT2D eigenvalue weighted by molar-refractivity contribution is 5.74. The van der Waals surface area contributed by atoms with E-state index in [1.807, 2.05) is 12.1 Å². The normalized spacial score (nSPS) is 16.5. The van der Waals surface area contributed by atoms with Gasteiger partial charge in [-0.1, -0.05) is 6.07 Å². The third kappa shape index (κ3) is 3.17. The van der Waals surface area contributed by atoms with Crippen LogP contribution in [-0.4, -0.2) is 29.2 Å². The van der Waals surface area contributed by atoms with E-state index in [4.69, 9.17) is 9.84 Å². The zero-order valence-electron chi connectivity index (χ0n) is 9.72. The topological polar surface area (TPSA) is 71.5 Å². The Hall–Kier alpha value is -1.62. The maximum Gasteiger partial charge on any atom is 0.320 e. The van der Waals surface area contributed by atoms with Crippen LogP contribution in [0.5, 0.6) is 5.88 Å². The Balaban J connectivity index is 1.93. The molecular weight excluding hydrogens is 220 g/mol. The van der Waals surface area contributed by atoms with Crippen LogP contribution in [0.3, 0.4) is 0 Å². The molecule has 1 unspecified atom stereocenters. The maximum atomic E-state index is 11.0. The molecule has 1 fully saturated rings. The second-order valence-electron chi connectivity index (χ2n) is 4.21. The van der Waals surface area contributed by atoms with Crippen LogP contribution >= 0.6 is 0 Å². The third-order valence-corrected chi connectivity index (χ3v) is 2.85. The number of rotatable bonds is 6. The summed E-state index contributed by atoms with van der Waals surface area (Å²) in [6.07, 6.45) is 1.99. The van der Waals surface area contributed by atoms with E-state index >= 15 is 0 Å². The monoisotopic (exact) mass is 236 g/mol. The van der Waals surface area contributed by atoms with E-state index in [2.05, 4.69) is 10.3 Å². The van der Waals surface area contributed by atoms with E-state index < -0.39 is 12.0 Å². The summed E-state index contributed by atoms with van der Waals surface area (Å²) in [6, 6.07) is 5.00. The fourth-order valence-corrected chi connectivity index (χ4v) is 1.77. The first kappa shape index (κ1) is 11.9. The highest BCUT2D eigenvalue weighted by atomic mass is 16.5. The van der Waals surface area contributed by atoms with Crippen molar-refractivity contribution < 1.29 is 14.6 Å². The van der Waals surface area contributed by atoms with Gasteiger partial charge in [0.2, 0.25) is 5.88 Å². The lowest BCUT2D eigenvalue weighted by atomic mass is 10.2. The fourth-order valence-electron chi connectivity index (χ4n) is 1.77.